The van der Waals surface area contributed by atoms with E-state index >= 15 is 0 Å². The first kappa shape index (κ1) is 20.6. The number of hydrogen-bond acceptors (Lipinski definition) is 4. The number of halogens is 3. The van der Waals surface area contributed by atoms with Crippen LogP contribution in [-0.2, 0) is 13.2 Å². The van der Waals surface area contributed by atoms with Crippen LogP contribution in [0.15, 0.2) is 71.4 Å². The number of benzene rings is 2. The summed E-state index contributed by atoms with van der Waals surface area (Å²) in [7, 11) is 0. The van der Waals surface area contributed by atoms with Crippen LogP contribution >= 0.6 is 11.6 Å². The Bertz CT molecular complexity index is 1220. The predicted molar refractivity (Wildman–Crippen MR) is 110 cm³/mol. The van der Waals surface area contributed by atoms with E-state index in [9.17, 15) is 13.6 Å². The fraction of sp³-hybridized carbons (Fsp3) is 0.0909. The van der Waals surface area contributed by atoms with Crippen molar-refractivity contribution in [3.8, 4) is 5.75 Å². The molecular formula is C22H16ClF2N3O3. The Balaban J connectivity index is 1.35. The van der Waals surface area contributed by atoms with Crippen LogP contribution < -0.4 is 10.1 Å². The molecule has 9 heteroatoms. The Labute approximate surface area is 181 Å². The number of rotatable bonds is 7. The molecule has 2 aromatic carbocycles. The molecule has 6 nitrogen and oxygen atoms in total. The third kappa shape index (κ3) is 5.10. The highest BCUT2D eigenvalue weighted by Gasteiger charge is 2.14. The molecule has 0 atom stereocenters. The summed E-state index contributed by atoms with van der Waals surface area (Å²) in [6.45, 7) is 0.337. The average Bonchev–Trinajstić information content (AvgIpc) is 3.39. The van der Waals surface area contributed by atoms with Gasteiger partial charge in [-0.1, -0.05) is 29.8 Å². The van der Waals surface area contributed by atoms with E-state index in [0.717, 1.165) is 17.7 Å². The molecule has 0 radical (unpaired) electrons. The summed E-state index contributed by atoms with van der Waals surface area (Å²) in [5.41, 5.74) is 1.39. The van der Waals surface area contributed by atoms with Crippen LogP contribution in [0.1, 0.15) is 21.9 Å². The lowest BCUT2D eigenvalue weighted by Gasteiger charge is -2.05. The largest absolute Gasteiger partial charge is 0.483 e. The number of furan rings is 1. The zero-order chi connectivity index (χ0) is 21.8. The van der Waals surface area contributed by atoms with E-state index in [1.165, 1.54) is 24.4 Å². The van der Waals surface area contributed by atoms with Crippen molar-refractivity contribution in [2.45, 2.75) is 13.2 Å². The van der Waals surface area contributed by atoms with Crippen molar-refractivity contribution in [1.29, 1.82) is 0 Å². The van der Waals surface area contributed by atoms with Gasteiger partial charge in [-0.15, -0.1) is 0 Å². The van der Waals surface area contributed by atoms with Gasteiger partial charge in [0.1, 0.15) is 18.2 Å². The molecule has 0 spiro atoms. The summed E-state index contributed by atoms with van der Waals surface area (Å²) >= 11 is 6.16. The Kier molecular flexibility index (Phi) is 5.99. The first-order valence-electron chi connectivity index (χ1n) is 9.22. The van der Waals surface area contributed by atoms with Gasteiger partial charge >= 0.3 is 0 Å². The number of carbonyl (C=O) groups excluding carboxylic acids is 1. The van der Waals surface area contributed by atoms with E-state index in [1.54, 1.807) is 16.9 Å². The molecule has 0 saturated carbocycles. The first-order chi connectivity index (χ1) is 15.0. The zero-order valence-electron chi connectivity index (χ0n) is 16.0. The molecule has 1 N–H and O–H groups in total. The second-order valence-corrected chi connectivity index (χ2v) is 7.01. The van der Waals surface area contributed by atoms with Gasteiger partial charge in [-0.3, -0.25) is 9.48 Å². The predicted octanol–water partition coefficient (Wildman–Crippen LogP) is 5.29. The molecule has 4 aromatic rings. The lowest BCUT2D eigenvalue weighted by atomic mass is 10.2. The summed E-state index contributed by atoms with van der Waals surface area (Å²) in [6.07, 6.45) is 3.19. The number of ether oxygens (including phenoxy) is 1. The van der Waals surface area contributed by atoms with Gasteiger partial charge in [0.25, 0.3) is 5.91 Å². The highest BCUT2D eigenvalue weighted by molar-refractivity contribution is 6.31. The Morgan fingerprint density at radius 2 is 2.00 bits per heavy atom. The van der Waals surface area contributed by atoms with Crippen LogP contribution in [0.25, 0.3) is 0 Å². The maximum Gasteiger partial charge on any atom is 0.291 e. The van der Waals surface area contributed by atoms with E-state index in [1.807, 2.05) is 18.2 Å². The van der Waals surface area contributed by atoms with Crippen molar-refractivity contribution in [1.82, 2.24) is 9.78 Å². The quantitative estimate of drug-likeness (QED) is 0.421. The molecule has 1 amide bonds. The van der Waals surface area contributed by atoms with Gasteiger partial charge in [-0.05, 0) is 35.9 Å². The molecule has 0 bridgehead atoms. The maximum absolute atomic E-state index is 13.6. The Morgan fingerprint density at radius 1 is 1.16 bits per heavy atom. The van der Waals surface area contributed by atoms with E-state index in [4.69, 9.17) is 20.8 Å². The van der Waals surface area contributed by atoms with Gasteiger partial charge in [0.05, 0.1) is 18.4 Å². The molecule has 0 aliphatic carbocycles. The number of anilines is 1. The number of hydrogen-bond donors (Lipinski definition) is 1. The second kappa shape index (κ2) is 9.01. The van der Waals surface area contributed by atoms with Crippen molar-refractivity contribution >= 4 is 23.2 Å². The van der Waals surface area contributed by atoms with Crippen molar-refractivity contribution in [2.75, 3.05) is 5.32 Å². The van der Waals surface area contributed by atoms with Gasteiger partial charge in [0, 0.05) is 17.3 Å². The molecular weight excluding hydrogens is 428 g/mol. The van der Waals surface area contributed by atoms with Crippen molar-refractivity contribution in [2.24, 2.45) is 0 Å². The summed E-state index contributed by atoms with van der Waals surface area (Å²) in [5, 5.41) is 7.54. The van der Waals surface area contributed by atoms with Crippen LogP contribution in [0.5, 0.6) is 5.75 Å². The first-order valence-corrected chi connectivity index (χ1v) is 9.59. The molecule has 0 aliphatic rings. The maximum atomic E-state index is 13.6. The summed E-state index contributed by atoms with van der Waals surface area (Å²) in [5.74, 6) is -1.75. The monoisotopic (exact) mass is 443 g/mol. The van der Waals surface area contributed by atoms with Crippen LogP contribution in [0.4, 0.5) is 14.5 Å². The van der Waals surface area contributed by atoms with Gasteiger partial charge in [0.15, 0.2) is 17.3 Å². The SMILES string of the molecule is O=C(Nc1cnn(Cc2ccccc2Cl)c1)c1ccc(COc2ccc(F)cc2F)o1. The third-order valence-electron chi connectivity index (χ3n) is 4.33. The zero-order valence-corrected chi connectivity index (χ0v) is 16.8. The second-order valence-electron chi connectivity index (χ2n) is 6.60. The van der Waals surface area contributed by atoms with E-state index in [0.29, 0.717) is 23.0 Å². The Hall–Kier alpha value is -3.65. The molecule has 31 heavy (non-hydrogen) atoms. The molecule has 2 heterocycles. The summed E-state index contributed by atoms with van der Waals surface area (Å²) in [6, 6.07) is 13.4. The molecule has 2 aromatic heterocycles. The van der Waals surface area contributed by atoms with E-state index < -0.39 is 17.5 Å². The Morgan fingerprint density at radius 3 is 2.81 bits per heavy atom. The standard InChI is InChI=1S/C22H16ClF2N3O3/c23-18-4-2-1-3-14(18)11-28-12-16(10-26-28)27-22(29)21-8-6-17(31-21)13-30-20-7-5-15(24)9-19(20)25/h1-10,12H,11,13H2,(H,27,29). The lowest BCUT2D eigenvalue weighted by molar-refractivity contribution is 0.0992. The van der Waals surface area contributed by atoms with Gasteiger partial charge < -0.3 is 14.5 Å². The van der Waals surface area contributed by atoms with Crippen molar-refractivity contribution in [3.63, 3.8) is 0 Å². The molecule has 0 saturated heterocycles. The van der Waals surface area contributed by atoms with E-state index in [-0.39, 0.29) is 18.1 Å². The minimum atomic E-state index is -0.821. The number of aromatic nitrogens is 2. The molecule has 0 unspecified atom stereocenters. The molecule has 158 valence electrons. The number of carbonyl (C=O) groups is 1. The third-order valence-corrected chi connectivity index (χ3v) is 4.70. The molecule has 0 aliphatic heterocycles. The summed E-state index contributed by atoms with van der Waals surface area (Å²) < 4.78 is 38.9. The highest BCUT2D eigenvalue weighted by atomic mass is 35.5. The topological polar surface area (TPSA) is 69.3 Å². The van der Waals surface area contributed by atoms with Gasteiger partial charge in [-0.2, -0.15) is 5.10 Å². The summed E-state index contributed by atoms with van der Waals surface area (Å²) in [4.78, 5) is 12.4. The fourth-order valence-corrected chi connectivity index (χ4v) is 3.02. The average molecular weight is 444 g/mol. The minimum absolute atomic E-state index is 0.0528. The van der Waals surface area contributed by atoms with Crippen LogP contribution in [-0.4, -0.2) is 15.7 Å². The van der Waals surface area contributed by atoms with E-state index in [2.05, 4.69) is 10.4 Å². The minimum Gasteiger partial charge on any atom is -0.483 e. The van der Waals surface area contributed by atoms with Crippen LogP contribution in [0.3, 0.4) is 0 Å². The molecule has 0 fully saturated rings. The lowest BCUT2D eigenvalue weighted by Crippen LogP contribution is -2.10. The van der Waals surface area contributed by atoms with Crippen molar-refractivity contribution in [3.05, 3.63) is 101 Å². The normalized spacial score (nSPS) is 10.8. The number of amides is 1. The number of nitrogens with zero attached hydrogens (tertiary/aromatic N) is 2. The van der Waals surface area contributed by atoms with Crippen LogP contribution in [0, 0.1) is 11.6 Å². The highest BCUT2D eigenvalue weighted by Crippen LogP contribution is 2.20. The number of nitrogens with one attached hydrogen (secondary N) is 1. The van der Waals surface area contributed by atoms with Crippen LogP contribution in [0.2, 0.25) is 5.02 Å². The van der Waals surface area contributed by atoms with Gasteiger partial charge in [0.2, 0.25) is 0 Å². The smallest absolute Gasteiger partial charge is 0.291 e. The fourth-order valence-electron chi connectivity index (χ4n) is 2.83. The van der Waals surface area contributed by atoms with Crippen molar-refractivity contribution < 1.29 is 22.7 Å². The van der Waals surface area contributed by atoms with Gasteiger partial charge in [-0.25, -0.2) is 8.78 Å². The molecule has 4 rings (SSSR count).